The maximum Gasteiger partial charge on any atom is 0.0602 e. The molecule has 3 atom stereocenters. The quantitative estimate of drug-likeness (QED) is 0.768. The lowest BCUT2D eigenvalue weighted by Crippen LogP contribution is -2.54. The summed E-state index contributed by atoms with van der Waals surface area (Å²) in [6.45, 7) is 9.13. The van der Waals surface area contributed by atoms with Crippen LogP contribution in [-0.2, 0) is 0 Å². The zero-order chi connectivity index (χ0) is 13.1. The Labute approximate surface area is 111 Å². The molecule has 2 aliphatic heterocycles. The number of nitrogens with zero attached hydrogens (tertiary/aromatic N) is 2. The van der Waals surface area contributed by atoms with Gasteiger partial charge < -0.3 is 10.8 Å². The second-order valence-corrected chi connectivity index (χ2v) is 6.25. The van der Waals surface area contributed by atoms with E-state index in [-0.39, 0.29) is 18.7 Å². The van der Waals surface area contributed by atoms with Crippen molar-refractivity contribution in [3.63, 3.8) is 0 Å². The van der Waals surface area contributed by atoms with Crippen LogP contribution in [0.5, 0.6) is 0 Å². The molecule has 3 N–H and O–H groups in total. The van der Waals surface area contributed by atoms with Crippen LogP contribution in [0.15, 0.2) is 0 Å². The third kappa shape index (κ3) is 3.05. The fourth-order valence-corrected chi connectivity index (χ4v) is 3.46. The lowest BCUT2D eigenvalue weighted by Gasteiger charge is -2.36. The molecule has 0 bridgehead atoms. The number of aliphatic hydroxyl groups excluding tert-OH is 1. The van der Waals surface area contributed by atoms with Crippen LogP contribution in [0.2, 0.25) is 0 Å². The average molecular weight is 255 g/mol. The topological polar surface area (TPSA) is 52.7 Å². The van der Waals surface area contributed by atoms with Gasteiger partial charge in [-0.15, -0.1) is 0 Å². The Hall–Kier alpha value is -0.160. The van der Waals surface area contributed by atoms with E-state index in [2.05, 4.69) is 23.6 Å². The molecule has 18 heavy (non-hydrogen) atoms. The number of nitrogens with two attached hydrogens (primary N) is 1. The molecule has 0 aromatic heterocycles. The number of hydrogen-bond donors (Lipinski definition) is 2. The van der Waals surface area contributed by atoms with Crippen molar-refractivity contribution in [1.82, 2.24) is 9.80 Å². The van der Waals surface area contributed by atoms with Crippen molar-refractivity contribution in [2.24, 2.45) is 11.7 Å². The molecule has 0 aliphatic carbocycles. The molecule has 2 aliphatic rings. The third-order valence-electron chi connectivity index (χ3n) is 4.71. The molecule has 2 saturated heterocycles. The smallest absolute Gasteiger partial charge is 0.0602 e. The second kappa shape index (κ2) is 6.33. The Morgan fingerprint density at radius 3 is 2.61 bits per heavy atom. The third-order valence-corrected chi connectivity index (χ3v) is 4.71. The monoisotopic (exact) mass is 255 g/mol. The molecule has 0 amide bonds. The van der Waals surface area contributed by atoms with Crippen LogP contribution < -0.4 is 5.73 Å². The van der Waals surface area contributed by atoms with Gasteiger partial charge in [-0.2, -0.15) is 0 Å². The summed E-state index contributed by atoms with van der Waals surface area (Å²) in [5.41, 5.74) is 6.28. The van der Waals surface area contributed by atoms with Crippen LogP contribution >= 0.6 is 0 Å². The summed E-state index contributed by atoms with van der Waals surface area (Å²) in [5, 5.41) is 9.69. The predicted molar refractivity (Wildman–Crippen MR) is 74.5 cm³/mol. The molecular formula is C14H29N3O. The minimum atomic E-state index is 0.0722. The highest BCUT2D eigenvalue weighted by Gasteiger charge is 2.33. The van der Waals surface area contributed by atoms with E-state index < -0.39 is 0 Å². The summed E-state index contributed by atoms with van der Waals surface area (Å²) < 4.78 is 0. The van der Waals surface area contributed by atoms with Gasteiger partial charge in [-0.3, -0.25) is 9.80 Å². The maximum atomic E-state index is 9.69. The van der Waals surface area contributed by atoms with Crippen molar-refractivity contribution in [2.45, 2.75) is 51.2 Å². The molecule has 106 valence electrons. The van der Waals surface area contributed by atoms with E-state index in [0.29, 0.717) is 12.0 Å². The van der Waals surface area contributed by atoms with Gasteiger partial charge in [0.15, 0.2) is 0 Å². The summed E-state index contributed by atoms with van der Waals surface area (Å²) in [6.07, 6.45) is 3.85. The Kier molecular flexibility index (Phi) is 5.01. The molecular weight excluding hydrogens is 226 g/mol. The largest absolute Gasteiger partial charge is 0.395 e. The highest BCUT2D eigenvalue weighted by atomic mass is 16.3. The zero-order valence-electron chi connectivity index (χ0n) is 11.9. The number of hydrogen-bond acceptors (Lipinski definition) is 4. The van der Waals surface area contributed by atoms with Gasteiger partial charge in [-0.1, -0.05) is 13.8 Å². The van der Waals surface area contributed by atoms with E-state index in [0.717, 1.165) is 13.1 Å². The zero-order valence-corrected chi connectivity index (χ0v) is 11.9. The lowest BCUT2D eigenvalue weighted by molar-refractivity contribution is 0.0849. The van der Waals surface area contributed by atoms with Gasteiger partial charge in [-0.25, -0.2) is 0 Å². The summed E-state index contributed by atoms with van der Waals surface area (Å²) in [5.74, 6) is 0.421. The molecule has 0 aromatic carbocycles. The van der Waals surface area contributed by atoms with Gasteiger partial charge in [0, 0.05) is 24.7 Å². The van der Waals surface area contributed by atoms with Crippen LogP contribution in [-0.4, -0.2) is 65.8 Å². The van der Waals surface area contributed by atoms with Crippen molar-refractivity contribution in [1.29, 1.82) is 0 Å². The number of rotatable bonds is 4. The van der Waals surface area contributed by atoms with Crippen LogP contribution in [0.1, 0.15) is 33.1 Å². The Balaban J connectivity index is 2.01. The van der Waals surface area contributed by atoms with Gasteiger partial charge in [0.05, 0.1) is 6.61 Å². The highest BCUT2D eigenvalue weighted by molar-refractivity contribution is 4.91. The minimum Gasteiger partial charge on any atom is -0.395 e. The molecule has 4 heteroatoms. The normalized spacial score (nSPS) is 30.2. The van der Waals surface area contributed by atoms with Gasteiger partial charge in [0.2, 0.25) is 0 Å². The molecule has 3 unspecified atom stereocenters. The molecule has 0 spiro atoms. The first-order valence-corrected chi connectivity index (χ1v) is 7.48. The van der Waals surface area contributed by atoms with Gasteiger partial charge >= 0.3 is 0 Å². The van der Waals surface area contributed by atoms with Crippen LogP contribution in [0, 0.1) is 5.92 Å². The first kappa shape index (κ1) is 14.3. The Morgan fingerprint density at radius 2 is 1.94 bits per heavy atom. The van der Waals surface area contributed by atoms with Crippen molar-refractivity contribution in [2.75, 3.05) is 32.8 Å². The maximum absolute atomic E-state index is 9.69. The first-order valence-electron chi connectivity index (χ1n) is 7.48. The van der Waals surface area contributed by atoms with E-state index in [1.54, 1.807) is 0 Å². The number of aliphatic hydroxyl groups is 1. The first-order chi connectivity index (χ1) is 8.63. The Morgan fingerprint density at radius 1 is 1.22 bits per heavy atom. The highest BCUT2D eigenvalue weighted by Crippen LogP contribution is 2.23. The molecule has 2 rings (SSSR count). The van der Waals surface area contributed by atoms with Crippen molar-refractivity contribution in [3.8, 4) is 0 Å². The second-order valence-electron chi connectivity index (χ2n) is 6.25. The minimum absolute atomic E-state index is 0.0722. The van der Waals surface area contributed by atoms with Crippen molar-refractivity contribution in [3.05, 3.63) is 0 Å². The van der Waals surface area contributed by atoms with Crippen molar-refractivity contribution >= 4 is 0 Å². The fraction of sp³-hybridized carbons (Fsp3) is 1.00. The average Bonchev–Trinajstić information content (AvgIpc) is 2.68. The standard InChI is InChI=1S/C14H29N3O/c1-11(2)14(15)13(10-18)17-8-4-7-16-6-3-5-12(16)9-17/h11-14,18H,3-10,15H2,1-2H3. The van der Waals surface area contributed by atoms with Gasteiger partial charge in [0.25, 0.3) is 0 Å². The molecule has 0 saturated carbocycles. The van der Waals surface area contributed by atoms with Gasteiger partial charge in [0.1, 0.15) is 0 Å². The summed E-state index contributed by atoms with van der Waals surface area (Å²) >= 11 is 0. The van der Waals surface area contributed by atoms with E-state index in [4.69, 9.17) is 5.73 Å². The summed E-state index contributed by atoms with van der Waals surface area (Å²) in [7, 11) is 0. The molecule has 0 radical (unpaired) electrons. The van der Waals surface area contributed by atoms with Crippen LogP contribution in [0.25, 0.3) is 0 Å². The summed E-state index contributed by atoms with van der Waals surface area (Å²) in [4.78, 5) is 5.07. The molecule has 4 nitrogen and oxygen atoms in total. The van der Waals surface area contributed by atoms with E-state index >= 15 is 0 Å². The van der Waals surface area contributed by atoms with Crippen LogP contribution in [0.4, 0.5) is 0 Å². The van der Waals surface area contributed by atoms with Crippen LogP contribution in [0.3, 0.4) is 0 Å². The van der Waals surface area contributed by atoms with E-state index in [9.17, 15) is 5.11 Å². The molecule has 2 fully saturated rings. The number of fused-ring (bicyclic) bond motifs is 1. The molecule has 2 heterocycles. The summed E-state index contributed by atoms with van der Waals surface area (Å²) in [6, 6.07) is 0.898. The van der Waals surface area contributed by atoms with E-state index in [1.807, 2.05) is 0 Å². The Bertz CT molecular complexity index is 259. The van der Waals surface area contributed by atoms with E-state index in [1.165, 1.54) is 32.4 Å². The lowest BCUT2D eigenvalue weighted by atomic mass is 9.96. The van der Waals surface area contributed by atoms with Gasteiger partial charge in [-0.05, 0) is 44.8 Å². The molecule has 0 aromatic rings. The fourth-order valence-electron chi connectivity index (χ4n) is 3.46. The van der Waals surface area contributed by atoms with Crippen molar-refractivity contribution < 1.29 is 5.11 Å². The predicted octanol–water partition coefficient (Wildman–Crippen LogP) is 0.501. The SMILES string of the molecule is CC(C)C(N)C(CO)N1CCCN2CCCC2C1.